The Balaban J connectivity index is 0.00000450. The third kappa shape index (κ3) is 9.33. The Hall–Kier alpha value is -2.50. The van der Waals surface area contributed by atoms with Gasteiger partial charge in [0.1, 0.15) is 5.75 Å². The van der Waals surface area contributed by atoms with Gasteiger partial charge < -0.3 is 20.7 Å². The summed E-state index contributed by atoms with van der Waals surface area (Å²) in [5.41, 5.74) is 2.15. The average molecular weight is 536 g/mol. The normalized spacial score (nSPS) is 11.3. The predicted molar refractivity (Wildman–Crippen MR) is 121 cm³/mol. The second-order valence-electron chi connectivity index (χ2n) is 6.14. The van der Waals surface area contributed by atoms with Crippen LogP contribution in [0.2, 0.25) is 0 Å². The van der Waals surface area contributed by atoms with Gasteiger partial charge in [0.15, 0.2) is 5.96 Å². The number of guanidine groups is 1. The van der Waals surface area contributed by atoms with Crippen molar-refractivity contribution in [2.24, 2.45) is 4.99 Å². The molecule has 2 rings (SSSR count). The van der Waals surface area contributed by atoms with Crippen molar-refractivity contribution in [1.82, 2.24) is 10.6 Å². The minimum Gasteiger partial charge on any atom is -0.405 e. The summed E-state index contributed by atoms with van der Waals surface area (Å²) in [4.78, 5) is 15.1. The topological polar surface area (TPSA) is 74.8 Å². The Morgan fingerprint density at radius 1 is 1.07 bits per heavy atom. The molecule has 6 nitrogen and oxygen atoms in total. The van der Waals surface area contributed by atoms with Crippen molar-refractivity contribution in [2.45, 2.75) is 26.3 Å². The van der Waals surface area contributed by atoms with Gasteiger partial charge in [-0.05, 0) is 30.2 Å². The van der Waals surface area contributed by atoms with Crippen molar-refractivity contribution in [3.05, 3.63) is 59.7 Å². The lowest BCUT2D eigenvalue weighted by Crippen LogP contribution is -2.38. The Morgan fingerprint density at radius 2 is 1.73 bits per heavy atom. The van der Waals surface area contributed by atoms with Gasteiger partial charge in [0.25, 0.3) is 0 Å². The smallest absolute Gasteiger partial charge is 0.405 e. The Kier molecular flexibility index (Phi) is 10.4. The zero-order valence-corrected chi connectivity index (χ0v) is 18.9. The summed E-state index contributed by atoms with van der Waals surface area (Å²) in [6, 6.07) is 13.4. The highest BCUT2D eigenvalue weighted by atomic mass is 127. The molecular weight excluding hydrogens is 512 g/mol. The second-order valence-corrected chi connectivity index (χ2v) is 6.14. The highest BCUT2D eigenvalue weighted by Crippen LogP contribution is 2.26. The summed E-state index contributed by atoms with van der Waals surface area (Å²) in [5, 5.41) is 8.78. The van der Waals surface area contributed by atoms with E-state index in [2.05, 4.69) is 25.7 Å². The molecule has 30 heavy (non-hydrogen) atoms. The van der Waals surface area contributed by atoms with Crippen molar-refractivity contribution in [3.63, 3.8) is 0 Å². The number of rotatable bonds is 7. The lowest BCUT2D eigenvalue weighted by atomic mass is 10.1. The number of nitrogens with one attached hydrogen (secondary N) is 3. The molecule has 0 spiro atoms. The number of anilines is 1. The van der Waals surface area contributed by atoms with E-state index in [1.807, 2.05) is 24.3 Å². The zero-order valence-electron chi connectivity index (χ0n) is 16.5. The number of halogens is 4. The predicted octanol–water partition coefficient (Wildman–Crippen LogP) is 4.07. The molecule has 0 saturated carbocycles. The average Bonchev–Trinajstić information content (AvgIpc) is 2.65. The van der Waals surface area contributed by atoms with Gasteiger partial charge in [0.05, 0.1) is 0 Å². The Labute approximate surface area is 190 Å². The molecule has 1 amide bonds. The van der Waals surface area contributed by atoms with Crippen molar-refractivity contribution in [1.29, 1.82) is 0 Å². The third-order valence-electron chi connectivity index (χ3n) is 3.85. The van der Waals surface area contributed by atoms with Crippen LogP contribution in [0.25, 0.3) is 0 Å². The lowest BCUT2D eigenvalue weighted by Gasteiger charge is -2.15. The van der Waals surface area contributed by atoms with Crippen LogP contribution < -0.4 is 20.7 Å². The van der Waals surface area contributed by atoms with E-state index in [1.54, 1.807) is 19.2 Å². The zero-order chi connectivity index (χ0) is 21.3. The van der Waals surface area contributed by atoms with Crippen LogP contribution in [-0.4, -0.2) is 31.8 Å². The van der Waals surface area contributed by atoms with Crippen LogP contribution in [0, 0.1) is 0 Å². The molecule has 2 aromatic rings. The monoisotopic (exact) mass is 536 g/mol. The van der Waals surface area contributed by atoms with Gasteiger partial charge in [-0.3, -0.25) is 9.79 Å². The van der Waals surface area contributed by atoms with Crippen LogP contribution in [-0.2, 0) is 17.8 Å². The number of nitrogens with zero attached hydrogens (tertiary/aromatic N) is 1. The maximum Gasteiger partial charge on any atom is 0.573 e. The van der Waals surface area contributed by atoms with Gasteiger partial charge >= 0.3 is 6.36 Å². The molecule has 3 N–H and O–H groups in total. The first-order valence-corrected chi connectivity index (χ1v) is 8.91. The molecule has 0 fully saturated rings. The summed E-state index contributed by atoms with van der Waals surface area (Å²) >= 11 is 0. The van der Waals surface area contributed by atoms with Gasteiger partial charge in [-0.1, -0.05) is 30.3 Å². The van der Waals surface area contributed by atoms with E-state index in [0.717, 1.165) is 11.3 Å². The standard InChI is InChI=1S/C20H23F3N4O2.HI/c1-14(28)27-17-9-7-15(8-10-17)11-12-25-19(24-2)26-13-16-5-3-4-6-18(16)29-20(21,22)23;/h3-10H,11-13H2,1-2H3,(H,27,28)(H2,24,25,26);1H. The van der Waals surface area contributed by atoms with E-state index in [0.29, 0.717) is 24.5 Å². The van der Waals surface area contributed by atoms with Crippen molar-refractivity contribution < 1.29 is 22.7 Å². The summed E-state index contributed by atoms with van der Waals surface area (Å²) in [7, 11) is 1.58. The van der Waals surface area contributed by atoms with Crippen LogP contribution in [0.15, 0.2) is 53.5 Å². The Bertz CT molecular complexity index is 843. The van der Waals surface area contributed by atoms with Gasteiger partial charge in [-0.2, -0.15) is 0 Å². The SMILES string of the molecule is CN=C(NCCc1ccc(NC(C)=O)cc1)NCc1ccccc1OC(F)(F)F.I. The quantitative estimate of drug-likeness (QED) is 0.284. The van der Waals surface area contributed by atoms with Crippen LogP contribution in [0.3, 0.4) is 0 Å². The first-order chi connectivity index (χ1) is 13.8. The van der Waals surface area contributed by atoms with Crippen LogP contribution >= 0.6 is 24.0 Å². The molecule has 0 heterocycles. The number of para-hydroxylation sites is 1. The molecule has 0 bridgehead atoms. The molecule has 0 saturated heterocycles. The Morgan fingerprint density at radius 3 is 2.33 bits per heavy atom. The van der Waals surface area contributed by atoms with Crippen LogP contribution in [0.5, 0.6) is 5.75 Å². The number of aliphatic imine (C=N–C) groups is 1. The molecule has 0 atom stereocenters. The molecule has 10 heteroatoms. The number of carbonyl (C=O) groups excluding carboxylic acids is 1. The fourth-order valence-corrected chi connectivity index (χ4v) is 2.56. The van der Waals surface area contributed by atoms with Crippen LogP contribution in [0.4, 0.5) is 18.9 Å². The highest BCUT2D eigenvalue weighted by molar-refractivity contribution is 14.0. The summed E-state index contributed by atoms with van der Waals surface area (Å²) < 4.78 is 41.6. The molecule has 0 aromatic heterocycles. The van der Waals surface area contributed by atoms with Gasteiger partial charge in [-0.25, -0.2) is 0 Å². The first-order valence-electron chi connectivity index (χ1n) is 8.91. The number of hydrogen-bond donors (Lipinski definition) is 3. The largest absolute Gasteiger partial charge is 0.573 e. The number of hydrogen-bond acceptors (Lipinski definition) is 3. The fourth-order valence-electron chi connectivity index (χ4n) is 2.56. The highest BCUT2D eigenvalue weighted by Gasteiger charge is 2.31. The number of amides is 1. The van der Waals surface area contributed by atoms with Gasteiger partial charge in [-0.15, -0.1) is 37.1 Å². The molecule has 0 unspecified atom stereocenters. The van der Waals surface area contributed by atoms with Crippen molar-refractivity contribution >= 4 is 41.5 Å². The molecule has 2 aromatic carbocycles. The van der Waals surface area contributed by atoms with E-state index < -0.39 is 6.36 Å². The minimum absolute atomic E-state index is 0. The molecule has 0 radical (unpaired) electrons. The summed E-state index contributed by atoms with van der Waals surface area (Å²) in [6.45, 7) is 2.14. The number of carbonyl (C=O) groups is 1. The maximum absolute atomic E-state index is 12.5. The molecule has 164 valence electrons. The number of ether oxygens (including phenoxy) is 1. The van der Waals surface area contributed by atoms with Crippen molar-refractivity contribution in [3.8, 4) is 5.75 Å². The van der Waals surface area contributed by atoms with Gasteiger partial charge in [0, 0.05) is 38.3 Å². The third-order valence-corrected chi connectivity index (χ3v) is 3.85. The first kappa shape index (κ1) is 25.5. The van der Waals surface area contributed by atoms with E-state index in [9.17, 15) is 18.0 Å². The maximum atomic E-state index is 12.5. The molecule has 0 aliphatic heterocycles. The van der Waals surface area contributed by atoms with Gasteiger partial charge in [0.2, 0.25) is 5.91 Å². The van der Waals surface area contributed by atoms with E-state index in [4.69, 9.17) is 0 Å². The molecule has 0 aliphatic carbocycles. The minimum atomic E-state index is -4.74. The van der Waals surface area contributed by atoms with Crippen LogP contribution in [0.1, 0.15) is 18.1 Å². The fraction of sp³-hybridized carbons (Fsp3) is 0.300. The van der Waals surface area contributed by atoms with Crippen molar-refractivity contribution in [2.75, 3.05) is 18.9 Å². The summed E-state index contributed by atoms with van der Waals surface area (Å²) in [5.74, 6) is 0.0837. The molecule has 0 aliphatic rings. The number of benzene rings is 2. The second kappa shape index (κ2) is 12.3. The van der Waals surface area contributed by atoms with E-state index in [-0.39, 0.29) is 42.2 Å². The lowest BCUT2D eigenvalue weighted by molar-refractivity contribution is -0.274. The van der Waals surface area contributed by atoms with E-state index in [1.165, 1.54) is 19.1 Å². The summed E-state index contributed by atoms with van der Waals surface area (Å²) in [6.07, 6.45) is -4.04. The molecular formula is C20H24F3IN4O2. The van der Waals surface area contributed by atoms with E-state index >= 15 is 0 Å². The number of alkyl halides is 3.